The molecular weight excluding hydrogens is 172 g/mol. The molecule has 6 N–H and O–H groups in total. The van der Waals surface area contributed by atoms with E-state index in [-0.39, 0.29) is 0 Å². The second-order valence-electron chi connectivity index (χ2n) is 2.79. The highest BCUT2D eigenvalue weighted by molar-refractivity contribution is 5.76. The Hall–Kier alpha value is -0.790. The average molecular weight is 181 g/mol. The minimum Gasteiger partial charge on any atom is -0.480 e. The molecule has 7 heteroatoms. The van der Waals surface area contributed by atoms with E-state index in [4.69, 9.17) is 16.6 Å². The summed E-state index contributed by atoms with van der Waals surface area (Å²) < 4.78 is 25.5. The Morgan fingerprint density at radius 2 is 2.08 bits per heavy atom. The van der Waals surface area contributed by atoms with Crippen molar-refractivity contribution in [2.75, 3.05) is 6.54 Å². The lowest BCUT2D eigenvalue weighted by Gasteiger charge is -2.28. The highest BCUT2D eigenvalue weighted by Crippen LogP contribution is 2.30. The molecule has 0 aliphatic carbocycles. The number of halogens is 2. The van der Waals surface area contributed by atoms with Crippen molar-refractivity contribution in [3.05, 3.63) is 0 Å². The molecule has 0 saturated carbocycles. The molecule has 12 heavy (non-hydrogen) atoms. The zero-order valence-electron chi connectivity index (χ0n) is 6.05. The number of alkyl halides is 2. The second kappa shape index (κ2) is 2.35. The Balaban J connectivity index is 2.93. The molecule has 70 valence electrons. The number of rotatable bonds is 1. The molecule has 0 radical (unpaired) electrons. The van der Waals surface area contributed by atoms with Gasteiger partial charge in [-0.25, -0.2) is 8.78 Å². The van der Waals surface area contributed by atoms with Gasteiger partial charge in [0.05, 0.1) is 6.54 Å². The molecule has 1 heterocycles. The van der Waals surface area contributed by atoms with Crippen molar-refractivity contribution in [1.82, 2.24) is 5.32 Å². The van der Waals surface area contributed by atoms with Crippen LogP contribution in [0.5, 0.6) is 0 Å². The molecule has 0 amide bonds. The molecule has 1 atom stereocenters. The van der Waals surface area contributed by atoms with E-state index < -0.39 is 30.1 Å². The molecular formula is C5H9F2N3O2. The van der Waals surface area contributed by atoms with Gasteiger partial charge in [-0.2, -0.15) is 0 Å². The highest BCUT2D eigenvalue weighted by atomic mass is 19.3. The first-order valence-corrected chi connectivity index (χ1v) is 3.21. The van der Waals surface area contributed by atoms with E-state index in [1.54, 1.807) is 0 Å². The standard InChI is InChI=1S/C5H9F2N3O2/c6-4(7)1-10-2(3(11)12)5(4,8)9/h2,10H,1,8-9H2,(H,11,12). The Morgan fingerprint density at radius 1 is 1.58 bits per heavy atom. The minimum absolute atomic E-state index is 0.809. The molecule has 1 aliphatic heterocycles. The summed E-state index contributed by atoms with van der Waals surface area (Å²) in [5.74, 6) is -4.87. The third kappa shape index (κ3) is 1.06. The summed E-state index contributed by atoms with van der Waals surface area (Å²) in [6.45, 7) is -0.809. The molecule has 0 aromatic heterocycles. The molecule has 0 aromatic carbocycles. The fourth-order valence-corrected chi connectivity index (χ4v) is 1.06. The van der Waals surface area contributed by atoms with Gasteiger partial charge in [0.25, 0.3) is 5.92 Å². The largest absolute Gasteiger partial charge is 0.480 e. The van der Waals surface area contributed by atoms with Crippen LogP contribution >= 0.6 is 0 Å². The van der Waals surface area contributed by atoms with Gasteiger partial charge >= 0.3 is 5.97 Å². The van der Waals surface area contributed by atoms with E-state index >= 15 is 0 Å². The molecule has 1 aliphatic rings. The summed E-state index contributed by atoms with van der Waals surface area (Å²) in [5, 5.41) is 10.5. The van der Waals surface area contributed by atoms with Gasteiger partial charge in [-0.15, -0.1) is 0 Å². The molecule has 0 aromatic rings. The topological polar surface area (TPSA) is 101 Å². The Morgan fingerprint density at radius 3 is 2.25 bits per heavy atom. The van der Waals surface area contributed by atoms with Crippen LogP contribution in [0.2, 0.25) is 0 Å². The maximum atomic E-state index is 12.8. The third-order valence-corrected chi connectivity index (χ3v) is 1.89. The fourth-order valence-electron chi connectivity index (χ4n) is 1.06. The predicted octanol–water partition coefficient (Wildman–Crippen LogP) is -1.71. The molecule has 1 rings (SSSR count). The van der Waals surface area contributed by atoms with Crippen molar-refractivity contribution in [1.29, 1.82) is 0 Å². The van der Waals surface area contributed by atoms with E-state index in [0.29, 0.717) is 0 Å². The molecule has 1 saturated heterocycles. The van der Waals surface area contributed by atoms with Gasteiger partial charge in [-0.05, 0) is 0 Å². The number of hydrogen-bond acceptors (Lipinski definition) is 4. The minimum atomic E-state index is -3.39. The van der Waals surface area contributed by atoms with Crippen molar-refractivity contribution in [2.45, 2.75) is 17.6 Å². The van der Waals surface area contributed by atoms with Crippen molar-refractivity contribution in [3.8, 4) is 0 Å². The number of nitrogens with one attached hydrogen (secondary N) is 1. The number of carboxylic acids is 1. The van der Waals surface area contributed by atoms with Gasteiger partial charge in [-0.3, -0.25) is 10.1 Å². The van der Waals surface area contributed by atoms with Gasteiger partial charge in [-0.1, -0.05) is 0 Å². The fraction of sp³-hybridized carbons (Fsp3) is 0.800. The normalized spacial score (nSPS) is 31.8. The zero-order chi connectivity index (χ0) is 9.57. The van der Waals surface area contributed by atoms with Gasteiger partial charge < -0.3 is 16.6 Å². The predicted molar refractivity (Wildman–Crippen MR) is 35.5 cm³/mol. The summed E-state index contributed by atoms with van der Waals surface area (Å²) in [6, 6.07) is -1.60. The van der Waals surface area contributed by atoms with Crippen LogP contribution in [0.4, 0.5) is 8.78 Å². The van der Waals surface area contributed by atoms with E-state index in [1.807, 2.05) is 5.32 Å². The van der Waals surface area contributed by atoms with E-state index in [2.05, 4.69) is 0 Å². The summed E-state index contributed by atoms with van der Waals surface area (Å²) in [5.41, 5.74) is 7.46. The van der Waals surface area contributed by atoms with Crippen LogP contribution in [0.25, 0.3) is 0 Å². The van der Waals surface area contributed by atoms with Crippen LogP contribution < -0.4 is 16.8 Å². The lowest BCUT2D eigenvalue weighted by Crippen LogP contribution is -2.68. The lowest BCUT2D eigenvalue weighted by molar-refractivity contribution is -0.143. The van der Waals surface area contributed by atoms with Gasteiger partial charge in [0.2, 0.25) is 0 Å². The Bertz CT molecular complexity index is 219. The first-order valence-electron chi connectivity index (χ1n) is 3.21. The number of aliphatic carboxylic acids is 1. The van der Waals surface area contributed by atoms with Crippen LogP contribution in [0, 0.1) is 0 Å². The van der Waals surface area contributed by atoms with Crippen LogP contribution in [-0.4, -0.2) is 35.2 Å². The first-order chi connectivity index (χ1) is 5.29. The Labute approximate surface area is 66.7 Å². The third-order valence-electron chi connectivity index (χ3n) is 1.89. The molecule has 1 unspecified atom stereocenters. The van der Waals surface area contributed by atoms with Crippen molar-refractivity contribution >= 4 is 5.97 Å². The van der Waals surface area contributed by atoms with Gasteiger partial charge in [0, 0.05) is 0 Å². The smallest absolute Gasteiger partial charge is 0.324 e. The lowest BCUT2D eigenvalue weighted by atomic mass is 10.0. The maximum Gasteiger partial charge on any atom is 0.324 e. The van der Waals surface area contributed by atoms with Crippen molar-refractivity contribution in [2.24, 2.45) is 11.5 Å². The number of carboxylic acid groups (broad SMARTS) is 1. The second-order valence-corrected chi connectivity index (χ2v) is 2.79. The van der Waals surface area contributed by atoms with E-state index in [1.165, 1.54) is 0 Å². The first kappa shape index (κ1) is 9.30. The van der Waals surface area contributed by atoms with Crippen LogP contribution in [0.1, 0.15) is 0 Å². The number of nitrogens with two attached hydrogens (primary N) is 2. The maximum absolute atomic E-state index is 12.8. The molecule has 0 bridgehead atoms. The Kier molecular flexibility index (Phi) is 1.82. The van der Waals surface area contributed by atoms with Crippen LogP contribution in [0.15, 0.2) is 0 Å². The van der Waals surface area contributed by atoms with E-state index in [0.717, 1.165) is 0 Å². The SMILES string of the molecule is NC1(N)C(C(=O)O)NCC1(F)F. The molecule has 0 spiro atoms. The van der Waals surface area contributed by atoms with Crippen molar-refractivity contribution < 1.29 is 18.7 Å². The average Bonchev–Trinajstić information content (AvgIpc) is 2.03. The summed E-state index contributed by atoms with van der Waals surface area (Å²) in [4.78, 5) is 10.3. The van der Waals surface area contributed by atoms with Crippen LogP contribution in [0.3, 0.4) is 0 Å². The van der Waals surface area contributed by atoms with Crippen molar-refractivity contribution in [3.63, 3.8) is 0 Å². The molecule has 5 nitrogen and oxygen atoms in total. The summed E-state index contributed by atoms with van der Waals surface area (Å²) >= 11 is 0. The van der Waals surface area contributed by atoms with Gasteiger partial charge in [0.1, 0.15) is 6.04 Å². The number of carbonyl (C=O) groups is 1. The highest BCUT2D eigenvalue weighted by Gasteiger charge is 2.61. The summed E-state index contributed by atoms with van der Waals surface area (Å²) in [6.07, 6.45) is 0. The zero-order valence-corrected chi connectivity index (χ0v) is 6.05. The monoisotopic (exact) mass is 181 g/mol. The summed E-state index contributed by atoms with van der Waals surface area (Å²) in [7, 11) is 0. The van der Waals surface area contributed by atoms with Gasteiger partial charge in [0.15, 0.2) is 5.66 Å². The molecule has 1 fully saturated rings. The van der Waals surface area contributed by atoms with E-state index in [9.17, 15) is 13.6 Å². The quantitative estimate of drug-likeness (QED) is 0.361. The van der Waals surface area contributed by atoms with Crippen LogP contribution in [-0.2, 0) is 4.79 Å². The number of hydrogen-bond donors (Lipinski definition) is 4.